The molecule has 1 aliphatic heterocycles. The summed E-state index contributed by atoms with van der Waals surface area (Å²) in [5, 5.41) is 0. The van der Waals surface area contributed by atoms with E-state index in [0.717, 1.165) is 24.9 Å². The number of rotatable bonds is 6. The van der Waals surface area contributed by atoms with Gasteiger partial charge in [-0.3, -0.25) is 0 Å². The average Bonchev–Trinajstić information content (AvgIpc) is 2.68. The molecule has 1 nitrogen and oxygen atoms in total. The van der Waals surface area contributed by atoms with E-state index in [0.29, 0.717) is 5.92 Å². The van der Waals surface area contributed by atoms with E-state index >= 15 is 0 Å². The van der Waals surface area contributed by atoms with Gasteiger partial charge in [0.1, 0.15) is 0 Å². The number of hydrogen-bond donors (Lipinski definition) is 0. The van der Waals surface area contributed by atoms with Crippen LogP contribution in [0, 0.1) is 11.8 Å². The average molecular weight is 339 g/mol. The fraction of sp³-hybridized carbons (Fsp3) is 0.583. The van der Waals surface area contributed by atoms with Crippen LogP contribution in [0.4, 0.5) is 0 Å². The molecule has 1 saturated carbocycles. The highest BCUT2D eigenvalue weighted by Crippen LogP contribution is 2.36. The van der Waals surface area contributed by atoms with Gasteiger partial charge in [-0.2, -0.15) is 0 Å². The molecule has 1 aromatic rings. The fourth-order valence-corrected chi connectivity index (χ4v) is 4.33. The third-order valence-electron chi connectivity index (χ3n) is 6.03. The Labute approximate surface area is 154 Å². The predicted octanol–water partition coefficient (Wildman–Crippen LogP) is 6.45. The Morgan fingerprint density at radius 2 is 1.64 bits per heavy atom. The Kier molecular flexibility index (Phi) is 6.93. The summed E-state index contributed by atoms with van der Waals surface area (Å²) in [6.07, 6.45) is 17.3. The van der Waals surface area contributed by atoms with Crippen molar-refractivity contribution in [2.24, 2.45) is 11.8 Å². The second-order valence-electron chi connectivity index (χ2n) is 7.93. The monoisotopic (exact) mass is 338 g/mol. The minimum absolute atomic E-state index is 0.281. The lowest BCUT2D eigenvalue weighted by molar-refractivity contribution is 0.0245. The highest BCUT2D eigenvalue weighted by atomic mass is 16.5. The summed E-state index contributed by atoms with van der Waals surface area (Å²) in [5.74, 6) is 2.15. The summed E-state index contributed by atoms with van der Waals surface area (Å²) in [7, 11) is 0. The molecular formula is C24H34O. The van der Waals surface area contributed by atoms with Crippen molar-refractivity contribution < 1.29 is 4.74 Å². The van der Waals surface area contributed by atoms with E-state index in [1.54, 1.807) is 5.56 Å². The van der Waals surface area contributed by atoms with E-state index in [2.05, 4.69) is 49.9 Å². The maximum Gasteiger partial charge on any atom is 0.0753 e. The maximum atomic E-state index is 5.81. The van der Waals surface area contributed by atoms with E-state index in [9.17, 15) is 0 Å². The molecule has 3 rings (SSSR count). The minimum atomic E-state index is 0.281. The first-order valence-electron chi connectivity index (χ1n) is 10.3. The molecular weight excluding hydrogens is 304 g/mol. The molecule has 2 unspecified atom stereocenters. The van der Waals surface area contributed by atoms with Crippen molar-refractivity contribution in [2.45, 2.75) is 70.3 Å². The van der Waals surface area contributed by atoms with E-state index in [4.69, 9.17) is 4.74 Å². The number of hydrogen-bond acceptors (Lipinski definition) is 1. The Hall–Kier alpha value is -1.34. The number of allylic oxidation sites excluding steroid dienone is 1. The van der Waals surface area contributed by atoms with Crippen LogP contribution in [0.3, 0.4) is 0 Å². The van der Waals surface area contributed by atoms with Gasteiger partial charge in [0.05, 0.1) is 12.7 Å². The maximum absolute atomic E-state index is 5.81. The molecule has 1 saturated heterocycles. The summed E-state index contributed by atoms with van der Waals surface area (Å²) in [6.45, 7) is 6.95. The molecule has 25 heavy (non-hydrogen) atoms. The Bertz CT molecular complexity index is 540. The van der Waals surface area contributed by atoms with Crippen molar-refractivity contribution in [3.05, 3.63) is 60.2 Å². The summed E-state index contributed by atoms with van der Waals surface area (Å²) in [4.78, 5) is 0. The van der Waals surface area contributed by atoms with Crippen LogP contribution in [-0.2, 0) is 11.2 Å². The van der Waals surface area contributed by atoms with Gasteiger partial charge >= 0.3 is 0 Å². The second-order valence-corrected chi connectivity index (χ2v) is 7.93. The molecule has 1 heteroatoms. The zero-order chi connectivity index (χ0) is 17.5. The molecule has 2 aliphatic rings. The standard InChI is InChI=1S/C24H34O/c1-3-5-19-8-13-22(14-9-19)23-15-10-20(11-16-23)6-7-21-12-17-24(4-2)25-18-21/h4,6-9,13-14,20-21,23-24H,2-3,5,10-12,15-18H2,1H3/b7-6+. The highest BCUT2D eigenvalue weighted by Gasteiger charge is 2.22. The fourth-order valence-electron chi connectivity index (χ4n) is 4.33. The largest absolute Gasteiger partial charge is 0.374 e. The quantitative estimate of drug-likeness (QED) is 0.542. The Morgan fingerprint density at radius 1 is 0.960 bits per heavy atom. The summed E-state index contributed by atoms with van der Waals surface area (Å²) < 4.78 is 5.81. The van der Waals surface area contributed by atoms with Crippen molar-refractivity contribution in [2.75, 3.05) is 6.61 Å². The van der Waals surface area contributed by atoms with Gasteiger partial charge in [-0.05, 0) is 67.9 Å². The van der Waals surface area contributed by atoms with Crippen LogP contribution in [0.1, 0.15) is 68.9 Å². The van der Waals surface area contributed by atoms with Crippen molar-refractivity contribution in [1.82, 2.24) is 0 Å². The number of ether oxygens (including phenoxy) is 1. The molecule has 0 bridgehead atoms. The van der Waals surface area contributed by atoms with Crippen LogP contribution in [0.25, 0.3) is 0 Å². The van der Waals surface area contributed by atoms with Crippen molar-refractivity contribution in [1.29, 1.82) is 0 Å². The molecule has 2 fully saturated rings. The van der Waals surface area contributed by atoms with E-state index in [-0.39, 0.29) is 6.10 Å². The van der Waals surface area contributed by atoms with E-state index in [1.807, 2.05) is 6.08 Å². The summed E-state index contributed by atoms with van der Waals surface area (Å²) in [6, 6.07) is 9.43. The van der Waals surface area contributed by atoms with Crippen molar-refractivity contribution >= 4 is 0 Å². The zero-order valence-electron chi connectivity index (χ0n) is 15.8. The van der Waals surface area contributed by atoms with Crippen LogP contribution < -0.4 is 0 Å². The lowest BCUT2D eigenvalue weighted by Gasteiger charge is -2.28. The van der Waals surface area contributed by atoms with E-state index in [1.165, 1.54) is 50.5 Å². The molecule has 1 aliphatic carbocycles. The van der Waals surface area contributed by atoms with E-state index < -0.39 is 0 Å². The van der Waals surface area contributed by atoms with Crippen LogP contribution in [0.5, 0.6) is 0 Å². The van der Waals surface area contributed by atoms with Crippen molar-refractivity contribution in [3.63, 3.8) is 0 Å². The first-order valence-corrected chi connectivity index (χ1v) is 10.3. The van der Waals surface area contributed by atoms with Crippen LogP contribution >= 0.6 is 0 Å². The van der Waals surface area contributed by atoms with Gasteiger partial charge in [-0.1, -0.05) is 55.8 Å². The van der Waals surface area contributed by atoms with Gasteiger partial charge in [0, 0.05) is 5.92 Å². The molecule has 1 aromatic carbocycles. The molecule has 0 amide bonds. The van der Waals surface area contributed by atoms with Gasteiger partial charge < -0.3 is 4.74 Å². The lowest BCUT2D eigenvalue weighted by Crippen LogP contribution is -2.23. The normalized spacial score (nSPS) is 30.4. The van der Waals surface area contributed by atoms with Gasteiger partial charge in [0.2, 0.25) is 0 Å². The molecule has 0 spiro atoms. The number of benzene rings is 1. The number of aryl methyl sites for hydroxylation is 1. The Morgan fingerprint density at radius 3 is 2.24 bits per heavy atom. The highest BCUT2D eigenvalue weighted by molar-refractivity contribution is 5.26. The zero-order valence-corrected chi connectivity index (χ0v) is 15.8. The third-order valence-corrected chi connectivity index (χ3v) is 6.03. The smallest absolute Gasteiger partial charge is 0.0753 e. The molecule has 0 radical (unpaired) electrons. The van der Waals surface area contributed by atoms with Crippen LogP contribution in [0.15, 0.2) is 49.1 Å². The molecule has 136 valence electrons. The minimum Gasteiger partial charge on any atom is -0.374 e. The van der Waals surface area contributed by atoms with Gasteiger partial charge in [-0.25, -0.2) is 0 Å². The molecule has 1 heterocycles. The first kappa shape index (κ1) is 18.5. The first-order chi connectivity index (χ1) is 12.3. The molecule has 0 N–H and O–H groups in total. The topological polar surface area (TPSA) is 9.23 Å². The summed E-state index contributed by atoms with van der Waals surface area (Å²) in [5.41, 5.74) is 3.04. The van der Waals surface area contributed by atoms with Crippen LogP contribution in [0.2, 0.25) is 0 Å². The van der Waals surface area contributed by atoms with Gasteiger partial charge in [-0.15, -0.1) is 6.58 Å². The second kappa shape index (κ2) is 9.38. The van der Waals surface area contributed by atoms with Crippen molar-refractivity contribution in [3.8, 4) is 0 Å². The SMILES string of the molecule is C=CC1CCC(/C=C/C2CCC(c3ccc(CCC)cc3)CC2)CO1. The van der Waals surface area contributed by atoms with Gasteiger partial charge in [0.15, 0.2) is 0 Å². The Balaban J connectivity index is 1.44. The molecule has 2 atom stereocenters. The predicted molar refractivity (Wildman–Crippen MR) is 107 cm³/mol. The van der Waals surface area contributed by atoms with Crippen LogP contribution in [-0.4, -0.2) is 12.7 Å². The van der Waals surface area contributed by atoms with Gasteiger partial charge in [0.25, 0.3) is 0 Å². The third kappa shape index (κ3) is 5.31. The molecule has 0 aromatic heterocycles. The lowest BCUT2D eigenvalue weighted by atomic mass is 9.78. The summed E-state index contributed by atoms with van der Waals surface area (Å²) >= 11 is 0.